The molecular weight excluding hydrogens is 398 g/mol. The first-order valence-electron chi connectivity index (χ1n) is 9.59. The molecule has 156 valence electrons. The van der Waals surface area contributed by atoms with Gasteiger partial charge in [-0.05, 0) is 48.5 Å². The minimum absolute atomic E-state index is 0.0243. The lowest BCUT2D eigenvalue weighted by Crippen LogP contribution is -2.39. The Balaban J connectivity index is 1.24. The first-order valence-corrected chi connectivity index (χ1v) is 9.59. The van der Waals surface area contributed by atoms with Crippen LogP contribution in [0.4, 0.5) is 17.1 Å². The lowest BCUT2D eigenvalue weighted by atomic mass is 10.2. The fourth-order valence-electron chi connectivity index (χ4n) is 2.78. The van der Waals surface area contributed by atoms with E-state index in [9.17, 15) is 9.59 Å². The maximum absolute atomic E-state index is 12.2. The molecule has 0 unspecified atom stereocenters. The first kappa shape index (κ1) is 20.1. The van der Waals surface area contributed by atoms with Gasteiger partial charge in [0.15, 0.2) is 18.1 Å². The number of para-hydroxylation sites is 2. The van der Waals surface area contributed by atoms with Crippen molar-refractivity contribution in [1.29, 1.82) is 0 Å². The van der Waals surface area contributed by atoms with Crippen LogP contribution in [0.5, 0.6) is 11.5 Å². The Morgan fingerprint density at radius 3 is 2.26 bits per heavy atom. The molecule has 3 aromatic carbocycles. The van der Waals surface area contributed by atoms with E-state index in [1.165, 1.54) is 0 Å². The molecule has 0 saturated carbocycles. The number of amides is 1. The van der Waals surface area contributed by atoms with Gasteiger partial charge in [-0.15, -0.1) is 0 Å². The van der Waals surface area contributed by atoms with E-state index in [2.05, 4.69) is 15.5 Å². The van der Waals surface area contributed by atoms with Gasteiger partial charge in [0.05, 0.1) is 11.4 Å². The van der Waals surface area contributed by atoms with E-state index in [4.69, 9.17) is 14.2 Å². The Bertz CT molecular complexity index is 1080. The van der Waals surface area contributed by atoms with E-state index in [1.807, 2.05) is 36.4 Å². The second-order valence-electron chi connectivity index (χ2n) is 6.60. The third kappa shape index (κ3) is 5.45. The zero-order valence-corrected chi connectivity index (χ0v) is 16.4. The van der Waals surface area contributed by atoms with Gasteiger partial charge in [0.25, 0.3) is 5.91 Å². The lowest BCUT2D eigenvalue weighted by molar-refractivity contribution is -0.156. The summed E-state index contributed by atoms with van der Waals surface area (Å²) < 4.78 is 16.1. The molecule has 1 amide bonds. The van der Waals surface area contributed by atoms with Crippen molar-refractivity contribution in [2.45, 2.75) is 6.10 Å². The topological polar surface area (TPSA) is 98.6 Å². The second-order valence-corrected chi connectivity index (χ2v) is 6.60. The largest absolute Gasteiger partial charge is 0.485 e. The molecule has 0 radical (unpaired) electrons. The molecule has 0 bridgehead atoms. The third-order valence-electron chi connectivity index (χ3n) is 4.31. The number of nitrogens with one attached hydrogen (secondary N) is 1. The number of hydrogen-bond acceptors (Lipinski definition) is 7. The van der Waals surface area contributed by atoms with Gasteiger partial charge in [0, 0.05) is 5.69 Å². The normalized spacial score (nSPS) is 14.8. The number of fused-ring (bicyclic) bond motifs is 1. The summed E-state index contributed by atoms with van der Waals surface area (Å²) >= 11 is 0. The molecule has 31 heavy (non-hydrogen) atoms. The van der Waals surface area contributed by atoms with Gasteiger partial charge in [-0.3, -0.25) is 4.79 Å². The fraction of sp³-hybridized carbons (Fsp3) is 0.130. The van der Waals surface area contributed by atoms with E-state index in [0.717, 1.165) is 5.69 Å². The smallest absolute Gasteiger partial charge is 0.351 e. The van der Waals surface area contributed by atoms with Crippen LogP contribution in [0.25, 0.3) is 0 Å². The standard InChI is InChI=1S/C23H19N3O5/c27-22(15-30-23(28)21-14-29-19-8-4-5-9-20(19)31-21)24-16-10-12-18(13-11-16)26-25-17-6-2-1-3-7-17/h1-13,21H,14-15H2,(H,24,27)/t21-/m1/s1. The summed E-state index contributed by atoms with van der Waals surface area (Å²) in [5.41, 5.74) is 1.94. The van der Waals surface area contributed by atoms with Crippen molar-refractivity contribution in [3.05, 3.63) is 78.9 Å². The van der Waals surface area contributed by atoms with Gasteiger partial charge in [-0.2, -0.15) is 10.2 Å². The van der Waals surface area contributed by atoms with Crippen molar-refractivity contribution >= 4 is 28.9 Å². The molecule has 0 aromatic heterocycles. The van der Waals surface area contributed by atoms with Crippen LogP contribution in [0.1, 0.15) is 0 Å². The molecule has 0 saturated heterocycles. The predicted molar refractivity (Wildman–Crippen MR) is 113 cm³/mol. The van der Waals surface area contributed by atoms with Crippen LogP contribution in [0.3, 0.4) is 0 Å². The van der Waals surface area contributed by atoms with E-state index in [1.54, 1.807) is 42.5 Å². The van der Waals surface area contributed by atoms with Crippen molar-refractivity contribution in [1.82, 2.24) is 0 Å². The number of nitrogens with zero attached hydrogens (tertiary/aromatic N) is 2. The minimum Gasteiger partial charge on any atom is -0.485 e. The summed E-state index contributed by atoms with van der Waals surface area (Å²) in [6.45, 7) is -0.410. The summed E-state index contributed by atoms with van der Waals surface area (Å²) in [6, 6.07) is 23.2. The van der Waals surface area contributed by atoms with Crippen molar-refractivity contribution in [3.63, 3.8) is 0 Å². The van der Waals surface area contributed by atoms with Gasteiger partial charge in [0.1, 0.15) is 6.61 Å². The van der Waals surface area contributed by atoms with Gasteiger partial charge in [-0.25, -0.2) is 4.79 Å². The van der Waals surface area contributed by atoms with Crippen LogP contribution in [0.2, 0.25) is 0 Å². The van der Waals surface area contributed by atoms with Crippen LogP contribution < -0.4 is 14.8 Å². The molecular formula is C23H19N3O5. The SMILES string of the molecule is O=C(COC(=O)[C@H]1COc2ccccc2O1)Nc1ccc(N=Nc2ccccc2)cc1. The number of anilines is 1. The molecule has 1 aliphatic heterocycles. The molecule has 1 atom stereocenters. The predicted octanol–water partition coefficient (Wildman–Crippen LogP) is 4.42. The zero-order valence-electron chi connectivity index (χ0n) is 16.4. The quantitative estimate of drug-likeness (QED) is 0.473. The maximum Gasteiger partial charge on any atom is 0.351 e. The van der Waals surface area contributed by atoms with E-state index >= 15 is 0 Å². The van der Waals surface area contributed by atoms with E-state index in [0.29, 0.717) is 22.9 Å². The Morgan fingerprint density at radius 2 is 1.52 bits per heavy atom. The van der Waals surface area contributed by atoms with Crippen LogP contribution in [0, 0.1) is 0 Å². The van der Waals surface area contributed by atoms with Crippen molar-refractivity contribution in [2.24, 2.45) is 10.2 Å². The molecule has 4 rings (SSSR count). The summed E-state index contributed by atoms with van der Waals surface area (Å²) in [5.74, 6) is -0.105. The highest BCUT2D eigenvalue weighted by atomic mass is 16.6. The molecule has 8 nitrogen and oxygen atoms in total. The summed E-state index contributed by atoms with van der Waals surface area (Å²) in [6.07, 6.45) is -0.919. The summed E-state index contributed by atoms with van der Waals surface area (Å²) in [7, 11) is 0. The number of carbonyl (C=O) groups is 2. The van der Waals surface area contributed by atoms with E-state index < -0.39 is 24.6 Å². The van der Waals surface area contributed by atoms with Crippen LogP contribution in [-0.4, -0.2) is 31.2 Å². The Kier molecular flexibility index (Phi) is 6.18. The average molecular weight is 417 g/mol. The highest BCUT2D eigenvalue weighted by Gasteiger charge is 2.29. The highest BCUT2D eigenvalue weighted by molar-refractivity contribution is 5.93. The monoisotopic (exact) mass is 417 g/mol. The van der Waals surface area contributed by atoms with Gasteiger partial charge < -0.3 is 19.5 Å². The number of benzene rings is 3. The number of rotatable bonds is 6. The Morgan fingerprint density at radius 1 is 0.871 bits per heavy atom. The van der Waals surface area contributed by atoms with Crippen LogP contribution in [-0.2, 0) is 14.3 Å². The summed E-state index contributed by atoms with van der Waals surface area (Å²) in [4.78, 5) is 24.3. The molecule has 1 heterocycles. The number of carbonyl (C=O) groups excluding carboxylic acids is 2. The fourth-order valence-corrected chi connectivity index (χ4v) is 2.78. The molecule has 3 aromatic rings. The van der Waals surface area contributed by atoms with Gasteiger partial charge in [-0.1, -0.05) is 30.3 Å². The number of hydrogen-bond donors (Lipinski definition) is 1. The number of azo groups is 1. The molecule has 1 aliphatic rings. The Labute approximate surface area is 178 Å². The van der Waals surface area contributed by atoms with Gasteiger partial charge >= 0.3 is 5.97 Å². The summed E-state index contributed by atoms with van der Waals surface area (Å²) in [5, 5.41) is 10.9. The van der Waals surface area contributed by atoms with Crippen molar-refractivity contribution in [2.75, 3.05) is 18.5 Å². The molecule has 0 spiro atoms. The van der Waals surface area contributed by atoms with Crippen molar-refractivity contribution < 1.29 is 23.8 Å². The van der Waals surface area contributed by atoms with Crippen LogP contribution >= 0.6 is 0 Å². The average Bonchev–Trinajstić information content (AvgIpc) is 2.82. The van der Waals surface area contributed by atoms with E-state index in [-0.39, 0.29) is 6.61 Å². The number of ether oxygens (including phenoxy) is 3. The molecule has 0 aliphatic carbocycles. The van der Waals surface area contributed by atoms with Gasteiger partial charge in [0.2, 0.25) is 6.10 Å². The maximum atomic E-state index is 12.2. The third-order valence-corrected chi connectivity index (χ3v) is 4.31. The Hall–Kier alpha value is -4.20. The molecule has 1 N–H and O–H groups in total. The molecule has 8 heteroatoms. The molecule has 0 fully saturated rings. The lowest BCUT2D eigenvalue weighted by Gasteiger charge is -2.24. The first-order chi connectivity index (χ1) is 15.2. The number of esters is 1. The van der Waals surface area contributed by atoms with Crippen molar-refractivity contribution in [3.8, 4) is 11.5 Å². The van der Waals surface area contributed by atoms with Crippen LogP contribution in [0.15, 0.2) is 89.1 Å². The second kappa shape index (κ2) is 9.53. The zero-order chi connectivity index (χ0) is 21.5. The highest BCUT2D eigenvalue weighted by Crippen LogP contribution is 2.31. The minimum atomic E-state index is -0.919.